The highest BCUT2D eigenvalue weighted by molar-refractivity contribution is 5.65. The molecule has 1 aliphatic heterocycles. The number of nitrogens with one attached hydrogen (secondary N) is 1. The van der Waals surface area contributed by atoms with Crippen LogP contribution in [0.4, 0.5) is 17.1 Å². The van der Waals surface area contributed by atoms with Crippen molar-refractivity contribution in [3.63, 3.8) is 0 Å². The number of anilines is 2. The summed E-state index contributed by atoms with van der Waals surface area (Å²) in [7, 11) is 0. The Morgan fingerprint density at radius 2 is 2.14 bits per heavy atom. The van der Waals surface area contributed by atoms with Crippen LogP contribution in [-0.4, -0.2) is 24.1 Å². The molecule has 1 fully saturated rings. The van der Waals surface area contributed by atoms with E-state index < -0.39 is 0 Å². The molecule has 116 valence electrons. The first-order chi connectivity index (χ1) is 10.2. The molecule has 1 aliphatic rings. The quantitative estimate of drug-likeness (QED) is 0.631. The van der Waals surface area contributed by atoms with Crippen LogP contribution >= 0.6 is 0 Å². The van der Waals surface area contributed by atoms with Crippen LogP contribution in [0.2, 0.25) is 0 Å². The van der Waals surface area contributed by atoms with Crippen LogP contribution in [0.3, 0.4) is 0 Å². The smallest absolute Gasteiger partial charge is 0.273 e. The predicted octanol–water partition coefficient (Wildman–Crippen LogP) is 4.19. The minimum atomic E-state index is -0.302. The minimum absolute atomic E-state index is 0.171. The molecule has 1 atom stereocenters. The Bertz CT molecular complexity index is 488. The molecule has 0 amide bonds. The monoisotopic (exact) mass is 291 g/mol. The molecule has 1 N–H and O–H groups in total. The van der Waals surface area contributed by atoms with Crippen LogP contribution in [0, 0.1) is 10.1 Å². The molecule has 1 aromatic rings. The normalized spacial score (nSPS) is 18.6. The van der Waals surface area contributed by atoms with Gasteiger partial charge in [0.05, 0.1) is 4.92 Å². The Morgan fingerprint density at radius 1 is 1.33 bits per heavy atom. The highest BCUT2D eigenvalue weighted by Gasteiger charge is 2.23. The van der Waals surface area contributed by atoms with Gasteiger partial charge in [0, 0.05) is 42.6 Å². The fraction of sp³-hybridized carbons (Fsp3) is 0.625. The van der Waals surface area contributed by atoms with E-state index in [4.69, 9.17) is 0 Å². The average molecular weight is 291 g/mol. The van der Waals surface area contributed by atoms with Gasteiger partial charge in [-0.3, -0.25) is 10.1 Å². The maximum absolute atomic E-state index is 11.2. The molecule has 0 aliphatic carbocycles. The molecule has 1 heterocycles. The van der Waals surface area contributed by atoms with Crippen molar-refractivity contribution in [2.45, 2.75) is 52.0 Å². The fourth-order valence-electron chi connectivity index (χ4n) is 3.15. The van der Waals surface area contributed by atoms with Gasteiger partial charge in [0.2, 0.25) is 0 Å². The van der Waals surface area contributed by atoms with E-state index in [0.29, 0.717) is 6.04 Å². The lowest BCUT2D eigenvalue weighted by Gasteiger charge is -2.37. The molecule has 2 rings (SSSR count). The summed E-state index contributed by atoms with van der Waals surface area (Å²) in [5, 5.41) is 14.4. The van der Waals surface area contributed by atoms with E-state index in [9.17, 15) is 10.1 Å². The SMILES string of the molecule is CCCC1CCCCN1c1cc(NCC)cc([N+](=O)[O-])c1. The maximum Gasteiger partial charge on any atom is 0.273 e. The van der Waals surface area contributed by atoms with E-state index in [1.165, 1.54) is 19.3 Å². The van der Waals surface area contributed by atoms with Gasteiger partial charge in [0.15, 0.2) is 0 Å². The molecule has 5 nitrogen and oxygen atoms in total. The summed E-state index contributed by atoms with van der Waals surface area (Å²) in [5.41, 5.74) is 1.99. The van der Waals surface area contributed by atoms with Crippen molar-refractivity contribution in [1.29, 1.82) is 0 Å². The standard InChI is InChI=1S/C16H25N3O2/c1-3-7-14-8-5-6-9-18(14)15-10-13(17-4-2)11-16(12-15)19(20)21/h10-12,14,17H,3-9H2,1-2H3. The molecule has 0 aromatic heterocycles. The number of rotatable bonds is 6. The van der Waals surface area contributed by atoms with Crippen LogP contribution in [0.5, 0.6) is 0 Å². The summed E-state index contributed by atoms with van der Waals surface area (Å²) in [5.74, 6) is 0. The number of benzene rings is 1. The third kappa shape index (κ3) is 3.86. The second-order valence-electron chi connectivity index (χ2n) is 5.66. The zero-order valence-corrected chi connectivity index (χ0v) is 13.0. The lowest BCUT2D eigenvalue weighted by Crippen LogP contribution is -2.39. The van der Waals surface area contributed by atoms with Crippen molar-refractivity contribution in [2.24, 2.45) is 0 Å². The van der Waals surface area contributed by atoms with Crippen LogP contribution in [0.1, 0.15) is 46.0 Å². The third-order valence-electron chi connectivity index (χ3n) is 4.07. The molecular formula is C16H25N3O2. The van der Waals surface area contributed by atoms with E-state index in [1.807, 2.05) is 13.0 Å². The molecule has 0 bridgehead atoms. The first-order valence-electron chi connectivity index (χ1n) is 7.95. The van der Waals surface area contributed by atoms with Gasteiger partial charge < -0.3 is 10.2 Å². The second-order valence-corrected chi connectivity index (χ2v) is 5.66. The highest BCUT2D eigenvalue weighted by atomic mass is 16.6. The molecular weight excluding hydrogens is 266 g/mol. The molecule has 1 aromatic carbocycles. The van der Waals surface area contributed by atoms with Crippen molar-refractivity contribution in [1.82, 2.24) is 0 Å². The van der Waals surface area contributed by atoms with Crippen LogP contribution in [-0.2, 0) is 0 Å². The van der Waals surface area contributed by atoms with Gasteiger partial charge in [-0.25, -0.2) is 0 Å². The number of nitro benzene ring substituents is 1. The molecule has 1 unspecified atom stereocenters. The number of non-ortho nitro benzene ring substituents is 1. The second kappa shape index (κ2) is 7.29. The molecule has 5 heteroatoms. The summed E-state index contributed by atoms with van der Waals surface area (Å²) >= 11 is 0. The molecule has 21 heavy (non-hydrogen) atoms. The molecule has 0 radical (unpaired) electrons. The first kappa shape index (κ1) is 15.6. The minimum Gasteiger partial charge on any atom is -0.385 e. The highest BCUT2D eigenvalue weighted by Crippen LogP contribution is 2.32. The van der Waals surface area contributed by atoms with Crippen molar-refractivity contribution < 1.29 is 4.92 Å². The van der Waals surface area contributed by atoms with Crippen LogP contribution in [0.25, 0.3) is 0 Å². The number of piperidine rings is 1. The van der Waals surface area contributed by atoms with Gasteiger partial charge in [-0.2, -0.15) is 0 Å². The van der Waals surface area contributed by atoms with Crippen LogP contribution < -0.4 is 10.2 Å². The summed E-state index contributed by atoms with van der Waals surface area (Å²) in [6.07, 6.45) is 5.91. The van der Waals surface area contributed by atoms with Crippen LogP contribution in [0.15, 0.2) is 18.2 Å². The maximum atomic E-state index is 11.2. The van der Waals surface area contributed by atoms with E-state index in [-0.39, 0.29) is 10.6 Å². The van der Waals surface area contributed by atoms with Crippen molar-refractivity contribution in [3.8, 4) is 0 Å². The first-order valence-corrected chi connectivity index (χ1v) is 7.95. The number of hydrogen-bond acceptors (Lipinski definition) is 4. The van der Waals surface area contributed by atoms with Gasteiger partial charge in [0.25, 0.3) is 5.69 Å². The number of hydrogen-bond donors (Lipinski definition) is 1. The zero-order chi connectivity index (χ0) is 15.2. The van der Waals surface area contributed by atoms with Gasteiger partial charge >= 0.3 is 0 Å². The molecule has 0 saturated carbocycles. The summed E-state index contributed by atoms with van der Waals surface area (Å²) in [6.45, 7) is 5.96. The zero-order valence-electron chi connectivity index (χ0n) is 13.0. The molecule has 0 spiro atoms. The van der Waals surface area contributed by atoms with Crippen molar-refractivity contribution in [3.05, 3.63) is 28.3 Å². The van der Waals surface area contributed by atoms with Gasteiger partial charge in [-0.15, -0.1) is 0 Å². The predicted molar refractivity (Wildman–Crippen MR) is 87.2 cm³/mol. The largest absolute Gasteiger partial charge is 0.385 e. The number of nitro groups is 1. The summed E-state index contributed by atoms with van der Waals surface area (Å²) in [4.78, 5) is 13.2. The Labute approximate surface area is 126 Å². The van der Waals surface area contributed by atoms with Gasteiger partial charge in [0.1, 0.15) is 0 Å². The lowest BCUT2D eigenvalue weighted by molar-refractivity contribution is -0.384. The Balaban J connectivity index is 2.33. The molecule has 1 saturated heterocycles. The van der Waals surface area contributed by atoms with E-state index in [2.05, 4.69) is 17.1 Å². The third-order valence-corrected chi connectivity index (χ3v) is 4.07. The van der Waals surface area contributed by atoms with Gasteiger partial charge in [-0.1, -0.05) is 13.3 Å². The average Bonchev–Trinajstić information content (AvgIpc) is 2.48. The topological polar surface area (TPSA) is 58.4 Å². The Kier molecular flexibility index (Phi) is 5.42. The summed E-state index contributed by atoms with van der Waals surface area (Å²) in [6, 6.07) is 5.89. The Hall–Kier alpha value is -1.78. The van der Waals surface area contributed by atoms with E-state index in [1.54, 1.807) is 12.1 Å². The van der Waals surface area contributed by atoms with E-state index in [0.717, 1.165) is 37.3 Å². The Morgan fingerprint density at radius 3 is 2.81 bits per heavy atom. The summed E-state index contributed by atoms with van der Waals surface area (Å²) < 4.78 is 0. The number of nitrogens with zero attached hydrogens (tertiary/aromatic N) is 2. The van der Waals surface area contributed by atoms with Gasteiger partial charge in [-0.05, 0) is 38.7 Å². The van der Waals surface area contributed by atoms with E-state index >= 15 is 0 Å². The van der Waals surface area contributed by atoms with Crippen molar-refractivity contribution >= 4 is 17.1 Å². The fourth-order valence-corrected chi connectivity index (χ4v) is 3.15. The lowest BCUT2D eigenvalue weighted by atomic mass is 9.97. The van der Waals surface area contributed by atoms with Crippen molar-refractivity contribution in [2.75, 3.05) is 23.3 Å².